The maximum atomic E-state index is 13.4. The van der Waals surface area contributed by atoms with Gasteiger partial charge in [-0.3, -0.25) is 14.4 Å². The van der Waals surface area contributed by atoms with E-state index in [4.69, 9.17) is 16.3 Å². The van der Waals surface area contributed by atoms with Crippen LogP contribution in [0.4, 0.5) is 11.4 Å². The van der Waals surface area contributed by atoms with E-state index < -0.39 is 12.0 Å². The fraction of sp³-hybridized carbons (Fsp3) is 0.286. The predicted molar refractivity (Wildman–Crippen MR) is 109 cm³/mol. The highest BCUT2D eigenvalue weighted by Crippen LogP contribution is 2.36. The number of nitrogens with zero attached hydrogens (tertiary/aromatic N) is 2. The number of ether oxygens (including phenoxy) is 1. The van der Waals surface area contributed by atoms with Gasteiger partial charge in [0.15, 0.2) is 6.10 Å². The third kappa shape index (κ3) is 3.53. The number of benzene rings is 2. The molecule has 1 fully saturated rings. The summed E-state index contributed by atoms with van der Waals surface area (Å²) in [5.41, 5.74) is 1.20. The predicted octanol–water partition coefficient (Wildman–Crippen LogP) is 2.23. The van der Waals surface area contributed by atoms with Gasteiger partial charge in [-0.2, -0.15) is 0 Å². The van der Waals surface area contributed by atoms with Crippen LogP contribution in [0.1, 0.15) is 6.42 Å². The minimum absolute atomic E-state index is 0.0896. The molecular weight excluding hydrogens is 394 g/mol. The molecule has 2 unspecified atom stereocenters. The Hall–Kier alpha value is -3.06. The van der Waals surface area contributed by atoms with Crippen molar-refractivity contribution >= 4 is 40.7 Å². The lowest BCUT2D eigenvalue weighted by Gasteiger charge is -2.35. The number of amides is 3. The van der Waals surface area contributed by atoms with E-state index in [2.05, 4.69) is 5.32 Å². The molecule has 2 heterocycles. The monoisotopic (exact) mass is 413 g/mol. The van der Waals surface area contributed by atoms with Crippen molar-refractivity contribution < 1.29 is 19.1 Å². The SMILES string of the molecule is CNC(=O)C1CN(C(=O)C2CC(=O)N(c3ccccc3Cl)C2)c2ccccc2O1. The first-order chi connectivity index (χ1) is 14.0. The van der Waals surface area contributed by atoms with Crippen LogP contribution in [0.2, 0.25) is 5.02 Å². The highest BCUT2D eigenvalue weighted by Gasteiger charge is 2.41. The third-order valence-electron chi connectivity index (χ3n) is 5.20. The second kappa shape index (κ2) is 7.75. The molecule has 2 aromatic carbocycles. The van der Waals surface area contributed by atoms with E-state index in [0.717, 1.165) is 0 Å². The first kappa shape index (κ1) is 19.3. The molecule has 0 spiro atoms. The molecule has 1 N–H and O–H groups in total. The topological polar surface area (TPSA) is 79.0 Å². The van der Waals surface area contributed by atoms with Gasteiger partial charge in [0.2, 0.25) is 11.8 Å². The molecule has 0 aromatic heterocycles. The largest absolute Gasteiger partial charge is 0.477 e. The Morgan fingerprint density at radius 2 is 1.76 bits per heavy atom. The number of fused-ring (bicyclic) bond motifs is 1. The first-order valence-electron chi connectivity index (χ1n) is 9.33. The molecule has 0 aliphatic carbocycles. The van der Waals surface area contributed by atoms with Crippen LogP contribution in [0.25, 0.3) is 0 Å². The summed E-state index contributed by atoms with van der Waals surface area (Å²) in [6, 6.07) is 14.2. The molecule has 2 aliphatic heterocycles. The molecule has 0 saturated carbocycles. The van der Waals surface area contributed by atoms with Crippen molar-refractivity contribution in [3.8, 4) is 5.75 Å². The summed E-state index contributed by atoms with van der Waals surface area (Å²) < 4.78 is 5.75. The van der Waals surface area contributed by atoms with Gasteiger partial charge in [0.05, 0.1) is 28.9 Å². The fourth-order valence-electron chi connectivity index (χ4n) is 3.74. The molecule has 7 nitrogen and oxygen atoms in total. The average Bonchev–Trinajstić information content (AvgIpc) is 3.13. The zero-order chi connectivity index (χ0) is 20.5. The summed E-state index contributed by atoms with van der Waals surface area (Å²) in [4.78, 5) is 41.2. The number of carbonyl (C=O) groups excluding carboxylic acids is 3. The Bertz CT molecular complexity index is 980. The van der Waals surface area contributed by atoms with Crippen molar-refractivity contribution in [3.63, 3.8) is 0 Å². The van der Waals surface area contributed by atoms with Gasteiger partial charge in [-0.25, -0.2) is 0 Å². The molecule has 2 aromatic rings. The molecule has 4 rings (SSSR count). The van der Waals surface area contributed by atoms with Crippen LogP contribution in [-0.4, -0.2) is 44.0 Å². The normalized spacial score (nSPS) is 20.8. The molecule has 8 heteroatoms. The number of hydrogen-bond acceptors (Lipinski definition) is 4. The van der Waals surface area contributed by atoms with Gasteiger partial charge >= 0.3 is 0 Å². The smallest absolute Gasteiger partial charge is 0.262 e. The van der Waals surface area contributed by atoms with Crippen LogP contribution in [-0.2, 0) is 14.4 Å². The molecular formula is C21H20ClN3O4. The molecule has 2 aliphatic rings. The van der Waals surface area contributed by atoms with E-state index in [1.165, 1.54) is 7.05 Å². The van der Waals surface area contributed by atoms with Gasteiger partial charge in [-0.1, -0.05) is 35.9 Å². The van der Waals surface area contributed by atoms with Crippen LogP contribution in [0.15, 0.2) is 48.5 Å². The van der Waals surface area contributed by atoms with E-state index in [9.17, 15) is 14.4 Å². The average molecular weight is 414 g/mol. The van der Waals surface area contributed by atoms with Crippen molar-refractivity contribution in [2.24, 2.45) is 5.92 Å². The number of likely N-dealkylation sites (N-methyl/N-ethyl adjacent to an activating group) is 1. The Balaban J connectivity index is 1.60. The fourth-order valence-corrected chi connectivity index (χ4v) is 3.98. The van der Waals surface area contributed by atoms with E-state index >= 15 is 0 Å². The highest BCUT2D eigenvalue weighted by molar-refractivity contribution is 6.34. The second-order valence-electron chi connectivity index (χ2n) is 6.99. The summed E-state index contributed by atoms with van der Waals surface area (Å²) in [5, 5.41) is 3.02. The summed E-state index contributed by atoms with van der Waals surface area (Å²) in [6.07, 6.45) is -0.718. The van der Waals surface area contributed by atoms with E-state index in [-0.39, 0.29) is 37.2 Å². The number of para-hydroxylation sites is 3. The van der Waals surface area contributed by atoms with Crippen LogP contribution in [0, 0.1) is 5.92 Å². The van der Waals surface area contributed by atoms with E-state index in [1.54, 1.807) is 58.3 Å². The number of carbonyl (C=O) groups is 3. The molecule has 0 bridgehead atoms. The summed E-state index contributed by atoms with van der Waals surface area (Å²) in [7, 11) is 1.52. The quantitative estimate of drug-likeness (QED) is 0.837. The van der Waals surface area contributed by atoms with Gasteiger partial charge in [-0.15, -0.1) is 0 Å². The molecule has 2 atom stereocenters. The summed E-state index contributed by atoms with van der Waals surface area (Å²) >= 11 is 6.23. The molecule has 0 radical (unpaired) electrons. The Kier molecular flexibility index (Phi) is 5.15. The standard InChI is InChI=1S/C21H20ClN3O4/c1-23-20(27)18-12-25(16-8-4-5-9-17(16)29-18)21(28)13-10-19(26)24(11-13)15-7-3-2-6-14(15)22/h2-9,13,18H,10-12H2,1H3,(H,23,27). The van der Waals surface area contributed by atoms with Crippen LogP contribution >= 0.6 is 11.6 Å². The third-order valence-corrected chi connectivity index (χ3v) is 5.52. The van der Waals surface area contributed by atoms with Gasteiger partial charge in [0, 0.05) is 20.0 Å². The van der Waals surface area contributed by atoms with E-state index in [0.29, 0.717) is 22.1 Å². The van der Waals surface area contributed by atoms with Crippen molar-refractivity contribution in [2.75, 3.05) is 29.9 Å². The van der Waals surface area contributed by atoms with Gasteiger partial charge < -0.3 is 19.9 Å². The van der Waals surface area contributed by atoms with Gasteiger partial charge in [0.25, 0.3) is 5.91 Å². The lowest BCUT2D eigenvalue weighted by Crippen LogP contribution is -2.51. The van der Waals surface area contributed by atoms with Crippen LogP contribution in [0.5, 0.6) is 5.75 Å². The number of hydrogen-bond donors (Lipinski definition) is 1. The molecule has 150 valence electrons. The molecule has 3 amide bonds. The first-order valence-corrected chi connectivity index (χ1v) is 9.71. The highest BCUT2D eigenvalue weighted by atomic mass is 35.5. The second-order valence-corrected chi connectivity index (χ2v) is 7.40. The molecule has 29 heavy (non-hydrogen) atoms. The van der Waals surface area contributed by atoms with Crippen LogP contribution in [0.3, 0.4) is 0 Å². The van der Waals surface area contributed by atoms with Crippen LogP contribution < -0.4 is 19.9 Å². The van der Waals surface area contributed by atoms with Crippen molar-refractivity contribution in [1.29, 1.82) is 0 Å². The summed E-state index contributed by atoms with van der Waals surface area (Å²) in [6.45, 7) is 0.331. The lowest BCUT2D eigenvalue weighted by atomic mass is 10.0. The zero-order valence-electron chi connectivity index (χ0n) is 15.8. The number of rotatable bonds is 3. The Morgan fingerprint density at radius 1 is 1.07 bits per heavy atom. The number of halogens is 1. The lowest BCUT2D eigenvalue weighted by molar-refractivity contribution is -0.128. The minimum atomic E-state index is -0.810. The number of anilines is 2. The van der Waals surface area contributed by atoms with Crippen molar-refractivity contribution in [3.05, 3.63) is 53.6 Å². The van der Waals surface area contributed by atoms with Gasteiger partial charge in [0.1, 0.15) is 5.75 Å². The van der Waals surface area contributed by atoms with E-state index in [1.807, 2.05) is 0 Å². The maximum absolute atomic E-state index is 13.4. The minimum Gasteiger partial charge on any atom is -0.477 e. The number of nitrogens with one attached hydrogen (secondary N) is 1. The van der Waals surface area contributed by atoms with Gasteiger partial charge in [-0.05, 0) is 24.3 Å². The van der Waals surface area contributed by atoms with Crippen molar-refractivity contribution in [1.82, 2.24) is 5.32 Å². The Labute approximate surface area is 173 Å². The zero-order valence-corrected chi connectivity index (χ0v) is 16.6. The van der Waals surface area contributed by atoms with Crippen molar-refractivity contribution in [2.45, 2.75) is 12.5 Å². The molecule has 1 saturated heterocycles. The Morgan fingerprint density at radius 3 is 2.48 bits per heavy atom. The maximum Gasteiger partial charge on any atom is 0.262 e. The summed E-state index contributed by atoms with van der Waals surface area (Å²) in [5.74, 6) is -0.737.